The molecule has 0 radical (unpaired) electrons. The summed E-state index contributed by atoms with van der Waals surface area (Å²) in [5.41, 5.74) is 5.11. The average Bonchev–Trinajstić information content (AvgIpc) is 2.66. The van der Waals surface area contributed by atoms with Crippen molar-refractivity contribution in [2.24, 2.45) is 11.7 Å². The van der Waals surface area contributed by atoms with Gasteiger partial charge in [0.2, 0.25) is 11.8 Å². The molecule has 2 N–H and O–H groups in total. The first-order valence-electron chi connectivity index (χ1n) is 5.14. The third kappa shape index (κ3) is 2.28. The Bertz CT molecular complexity index is 536. The van der Waals surface area contributed by atoms with Crippen molar-refractivity contribution in [2.75, 3.05) is 11.4 Å². The molecule has 1 saturated heterocycles. The van der Waals surface area contributed by atoms with Crippen LogP contribution in [0.15, 0.2) is 12.1 Å². The van der Waals surface area contributed by atoms with Crippen molar-refractivity contribution in [3.8, 4) is 0 Å². The van der Waals surface area contributed by atoms with Gasteiger partial charge in [0.1, 0.15) is 0 Å². The summed E-state index contributed by atoms with van der Waals surface area (Å²) in [6.45, 7) is 0.0434. The number of rotatable bonds is 2. The lowest BCUT2D eigenvalue weighted by atomic mass is 10.1. The van der Waals surface area contributed by atoms with Crippen LogP contribution in [0.25, 0.3) is 0 Å². The fraction of sp³-hybridized carbons (Fsp3) is 0.273. The number of primary amides is 1. The molecular formula is C11H9Cl2FN2O2. The zero-order valence-electron chi connectivity index (χ0n) is 9.12. The maximum Gasteiger partial charge on any atom is 0.227 e. The number of benzene rings is 1. The standard InChI is InChI=1S/C11H9Cl2FN2O2/c12-6-2-7(13)10(14)8(3-6)16-4-5(11(15)18)1-9(16)17/h2-3,5H,1,4H2,(H2,15,18). The van der Waals surface area contributed by atoms with E-state index in [2.05, 4.69) is 0 Å². The molecule has 96 valence electrons. The summed E-state index contributed by atoms with van der Waals surface area (Å²) in [5.74, 6) is -2.32. The van der Waals surface area contributed by atoms with Crippen LogP contribution < -0.4 is 10.6 Å². The fourth-order valence-corrected chi connectivity index (χ4v) is 2.35. The minimum absolute atomic E-state index is 0.0266. The van der Waals surface area contributed by atoms with Crippen LogP contribution in [0.4, 0.5) is 10.1 Å². The van der Waals surface area contributed by atoms with Gasteiger partial charge in [0, 0.05) is 18.0 Å². The molecule has 4 nitrogen and oxygen atoms in total. The van der Waals surface area contributed by atoms with Crippen molar-refractivity contribution >= 4 is 40.7 Å². The molecule has 0 aliphatic carbocycles. The van der Waals surface area contributed by atoms with E-state index >= 15 is 0 Å². The molecule has 1 aliphatic rings. The van der Waals surface area contributed by atoms with Gasteiger partial charge in [-0.3, -0.25) is 9.59 Å². The SMILES string of the molecule is NC(=O)C1CC(=O)N(c2cc(Cl)cc(Cl)c2F)C1. The third-order valence-corrected chi connectivity index (χ3v) is 3.29. The van der Waals surface area contributed by atoms with Crippen molar-refractivity contribution in [1.29, 1.82) is 0 Å². The Labute approximate surface area is 112 Å². The Morgan fingerprint density at radius 2 is 2.11 bits per heavy atom. The van der Waals surface area contributed by atoms with Gasteiger partial charge in [0.25, 0.3) is 0 Å². The molecular weight excluding hydrogens is 282 g/mol. The lowest BCUT2D eigenvalue weighted by Crippen LogP contribution is -2.29. The smallest absolute Gasteiger partial charge is 0.227 e. The summed E-state index contributed by atoms with van der Waals surface area (Å²) in [6.07, 6.45) is -0.0289. The second-order valence-corrected chi connectivity index (χ2v) is 4.87. The molecule has 0 aromatic heterocycles. The number of anilines is 1. The van der Waals surface area contributed by atoms with Crippen LogP contribution in [0.1, 0.15) is 6.42 Å². The molecule has 18 heavy (non-hydrogen) atoms. The minimum atomic E-state index is -0.737. The lowest BCUT2D eigenvalue weighted by molar-refractivity contribution is -0.123. The van der Waals surface area contributed by atoms with Gasteiger partial charge in [-0.1, -0.05) is 23.2 Å². The van der Waals surface area contributed by atoms with Crippen molar-refractivity contribution < 1.29 is 14.0 Å². The highest BCUT2D eigenvalue weighted by Crippen LogP contribution is 2.33. The van der Waals surface area contributed by atoms with E-state index < -0.39 is 17.6 Å². The first-order chi connectivity index (χ1) is 8.40. The van der Waals surface area contributed by atoms with E-state index in [-0.39, 0.29) is 34.6 Å². The fourth-order valence-electron chi connectivity index (χ4n) is 1.87. The number of carbonyl (C=O) groups is 2. The lowest BCUT2D eigenvalue weighted by Gasteiger charge is -2.18. The van der Waals surface area contributed by atoms with Gasteiger partial charge >= 0.3 is 0 Å². The van der Waals surface area contributed by atoms with Gasteiger partial charge in [-0.2, -0.15) is 0 Å². The normalized spacial score (nSPS) is 19.4. The molecule has 1 aliphatic heterocycles. The minimum Gasteiger partial charge on any atom is -0.369 e. The van der Waals surface area contributed by atoms with Crippen LogP contribution in [0, 0.1) is 11.7 Å². The molecule has 0 bridgehead atoms. The van der Waals surface area contributed by atoms with Gasteiger partial charge < -0.3 is 10.6 Å². The number of carbonyl (C=O) groups excluding carboxylic acids is 2. The van der Waals surface area contributed by atoms with E-state index in [0.29, 0.717) is 0 Å². The molecule has 1 aromatic rings. The molecule has 1 unspecified atom stereocenters. The van der Waals surface area contributed by atoms with Gasteiger partial charge in [0.05, 0.1) is 16.6 Å². The van der Waals surface area contributed by atoms with Crippen molar-refractivity contribution in [3.63, 3.8) is 0 Å². The maximum atomic E-state index is 13.8. The summed E-state index contributed by atoms with van der Waals surface area (Å²) in [7, 11) is 0. The summed E-state index contributed by atoms with van der Waals surface area (Å²) in [6, 6.07) is 2.54. The zero-order valence-corrected chi connectivity index (χ0v) is 10.6. The van der Waals surface area contributed by atoms with Gasteiger partial charge in [-0.15, -0.1) is 0 Å². The number of hydrogen-bond acceptors (Lipinski definition) is 2. The van der Waals surface area contributed by atoms with Crippen LogP contribution >= 0.6 is 23.2 Å². The second-order valence-electron chi connectivity index (χ2n) is 4.03. The zero-order chi connectivity index (χ0) is 13.4. The monoisotopic (exact) mass is 290 g/mol. The molecule has 1 aromatic carbocycles. The number of nitrogens with zero attached hydrogens (tertiary/aromatic N) is 1. The first kappa shape index (κ1) is 13.1. The molecule has 1 fully saturated rings. The number of halogens is 3. The Morgan fingerprint density at radius 1 is 1.44 bits per heavy atom. The Balaban J connectivity index is 2.38. The molecule has 0 saturated carbocycles. The summed E-state index contributed by atoms with van der Waals surface area (Å²) in [5, 5.41) is 0.0413. The van der Waals surface area contributed by atoms with Crippen molar-refractivity contribution in [2.45, 2.75) is 6.42 Å². The van der Waals surface area contributed by atoms with Crippen LogP contribution in [-0.2, 0) is 9.59 Å². The second kappa shape index (κ2) is 4.74. The molecule has 7 heteroatoms. The van der Waals surface area contributed by atoms with Crippen LogP contribution in [0.2, 0.25) is 10.0 Å². The molecule has 1 heterocycles. The van der Waals surface area contributed by atoms with E-state index in [4.69, 9.17) is 28.9 Å². The Morgan fingerprint density at radius 3 is 2.67 bits per heavy atom. The molecule has 1 atom stereocenters. The predicted octanol–water partition coefficient (Wildman–Crippen LogP) is 1.97. The van der Waals surface area contributed by atoms with E-state index in [1.54, 1.807) is 0 Å². The average molecular weight is 291 g/mol. The van der Waals surface area contributed by atoms with Crippen molar-refractivity contribution in [3.05, 3.63) is 28.0 Å². The number of nitrogens with two attached hydrogens (primary N) is 1. The summed E-state index contributed by atoms with van der Waals surface area (Å²) < 4.78 is 13.8. The third-order valence-electron chi connectivity index (χ3n) is 2.79. The predicted molar refractivity (Wildman–Crippen MR) is 66.1 cm³/mol. The van der Waals surface area contributed by atoms with Crippen LogP contribution in [0.5, 0.6) is 0 Å². The van der Waals surface area contributed by atoms with E-state index in [0.717, 1.165) is 4.90 Å². The van der Waals surface area contributed by atoms with Gasteiger partial charge in [-0.05, 0) is 12.1 Å². The summed E-state index contributed by atoms with van der Waals surface area (Å²) in [4.78, 5) is 23.9. The first-order valence-corrected chi connectivity index (χ1v) is 5.90. The van der Waals surface area contributed by atoms with E-state index in [1.165, 1.54) is 12.1 Å². The van der Waals surface area contributed by atoms with Crippen LogP contribution in [0.3, 0.4) is 0 Å². The quantitative estimate of drug-likeness (QED) is 0.847. The highest BCUT2D eigenvalue weighted by atomic mass is 35.5. The largest absolute Gasteiger partial charge is 0.369 e. The topological polar surface area (TPSA) is 63.4 Å². The number of hydrogen-bond donors (Lipinski definition) is 1. The maximum absolute atomic E-state index is 13.8. The van der Waals surface area contributed by atoms with Crippen molar-refractivity contribution in [1.82, 2.24) is 0 Å². The van der Waals surface area contributed by atoms with Crippen LogP contribution in [-0.4, -0.2) is 18.4 Å². The molecule has 0 spiro atoms. The van der Waals surface area contributed by atoms with E-state index in [1.807, 2.05) is 0 Å². The Kier molecular flexibility index (Phi) is 3.45. The van der Waals surface area contributed by atoms with E-state index in [9.17, 15) is 14.0 Å². The molecule has 2 amide bonds. The summed E-state index contributed by atoms with van der Waals surface area (Å²) >= 11 is 11.4. The van der Waals surface area contributed by atoms with Gasteiger partial charge in [-0.25, -0.2) is 4.39 Å². The highest BCUT2D eigenvalue weighted by Gasteiger charge is 2.35. The van der Waals surface area contributed by atoms with Gasteiger partial charge in [0.15, 0.2) is 5.82 Å². The number of amides is 2. The molecule has 2 rings (SSSR count). The Hall–Kier alpha value is -1.33. The highest BCUT2D eigenvalue weighted by molar-refractivity contribution is 6.35.